The molecule has 0 radical (unpaired) electrons. The first-order valence-electron chi connectivity index (χ1n) is 8.06. The normalized spacial score (nSPS) is 20.6. The molecule has 0 saturated carbocycles. The van der Waals surface area contributed by atoms with E-state index in [-0.39, 0.29) is 23.5 Å². The van der Waals surface area contributed by atoms with Crippen molar-refractivity contribution in [1.82, 2.24) is 5.32 Å². The Bertz CT molecular complexity index is 935. The van der Waals surface area contributed by atoms with Gasteiger partial charge in [-0.3, -0.25) is 19.7 Å². The lowest BCUT2D eigenvalue weighted by Crippen LogP contribution is -2.19. The Morgan fingerprint density at radius 1 is 1.08 bits per heavy atom. The second-order valence-electron chi connectivity index (χ2n) is 6.33. The van der Waals surface area contributed by atoms with E-state index in [1.54, 1.807) is 12.1 Å². The van der Waals surface area contributed by atoms with E-state index in [0.29, 0.717) is 22.6 Å². The summed E-state index contributed by atoms with van der Waals surface area (Å²) < 4.78 is 5.84. The predicted molar refractivity (Wildman–Crippen MR) is 91.1 cm³/mol. The summed E-state index contributed by atoms with van der Waals surface area (Å²) >= 11 is 0. The molecule has 0 spiro atoms. The van der Waals surface area contributed by atoms with Gasteiger partial charge in [0, 0.05) is 17.2 Å². The highest BCUT2D eigenvalue weighted by Crippen LogP contribution is 2.40. The molecule has 2 aromatic rings. The van der Waals surface area contributed by atoms with Crippen LogP contribution in [0.5, 0.6) is 5.75 Å². The maximum Gasteiger partial charge on any atom is 0.259 e. The summed E-state index contributed by atoms with van der Waals surface area (Å²) in [4.78, 5) is 36.0. The molecule has 3 amide bonds. The number of nitrogens with one attached hydrogen (secondary N) is 2. The number of benzene rings is 2. The van der Waals surface area contributed by atoms with Crippen molar-refractivity contribution in [3.63, 3.8) is 0 Å². The molecule has 2 heterocycles. The lowest BCUT2D eigenvalue weighted by Gasteiger charge is -2.10. The molecule has 2 aliphatic rings. The first-order chi connectivity index (χ1) is 12.0. The average molecular weight is 336 g/mol. The van der Waals surface area contributed by atoms with Gasteiger partial charge >= 0.3 is 0 Å². The van der Waals surface area contributed by atoms with Crippen LogP contribution in [0.1, 0.15) is 56.4 Å². The van der Waals surface area contributed by atoms with Gasteiger partial charge in [-0.2, -0.15) is 0 Å². The van der Waals surface area contributed by atoms with Crippen LogP contribution in [-0.2, 0) is 0 Å². The maximum atomic E-state index is 12.7. The molecule has 0 fully saturated rings. The number of fused-ring (bicyclic) bond motifs is 2. The van der Waals surface area contributed by atoms with Crippen molar-refractivity contribution in [2.75, 3.05) is 5.32 Å². The maximum absolute atomic E-state index is 12.7. The molecule has 0 saturated heterocycles. The second-order valence-corrected chi connectivity index (χ2v) is 6.33. The van der Waals surface area contributed by atoms with Crippen molar-refractivity contribution in [3.8, 4) is 5.75 Å². The van der Waals surface area contributed by atoms with Crippen LogP contribution in [0, 0.1) is 0 Å². The van der Waals surface area contributed by atoms with Crippen molar-refractivity contribution in [3.05, 3.63) is 58.7 Å². The third-order valence-electron chi connectivity index (χ3n) is 4.78. The SMILES string of the molecule is CC1Oc2c(C(=O)Nc3ccc4c(c3)C(=O)NC4=O)cccc2C1C. The van der Waals surface area contributed by atoms with Crippen LogP contribution >= 0.6 is 0 Å². The number of rotatable bonds is 2. The minimum Gasteiger partial charge on any atom is -0.489 e. The number of carbonyl (C=O) groups excluding carboxylic acids is 3. The Hall–Kier alpha value is -3.15. The molecule has 2 unspecified atom stereocenters. The highest BCUT2D eigenvalue weighted by atomic mass is 16.5. The van der Waals surface area contributed by atoms with Crippen molar-refractivity contribution in [2.45, 2.75) is 25.9 Å². The molecule has 6 nitrogen and oxygen atoms in total. The fourth-order valence-electron chi connectivity index (χ4n) is 3.21. The van der Waals surface area contributed by atoms with Gasteiger partial charge < -0.3 is 10.1 Å². The first-order valence-corrected chi connectivity index (χ1v) is 8.06. The van der Waals surface area contributed by atoms with Gasteiger partial charge in [-0.25, -0.2) is 0 Å². The molecule has 0 bridgehead atoms. The van der Waals surface area contributed by atoms with Crippen molar-refractivity contribution >= 4 is 23.4 Å². The number of ether oxygens (including phenoxy) is 1. The van der Waals surface area contributed by atoms with Crippen LogP contribution in [0.4, 0.5) is 5.69 Å². The van der Waals surface area contributed by atoms with Crippen LogP contribution in [0.25, 0.3) is 0 Å². The molecule has 4 rings (SSSR count). The zero-order chi connectivity index (χ0) is 17.7. The van der Waals surface area contributed by atoms with E-state index < -0.39 is 11.8 Å². The summed E-state index contributed by atoms with van der Waals surface area (Å²) in [5.41, 5.74) is 2.49. The summed E-state index contributed by atoms with van der Waals surface area (Å²) in [5, 5.41) is 5.00. The van der Waals surface area contributed by atoms with E-state index >= 15 is 0 Å². The van der Waals surface area contributed by atoms with E-state index in [1.807, 2.05) is 19.1 Å². The van der Waals surface area contributed by atoms with Gasteiger partial charge in [0.1, 0.15) is 11.9 Å². The van der Waals surface area contributed by atoms with E-state index in [9.17, 15) is 14.4 Å². The van der Waals surface area contributed by atoms with E-state index in [1.165, 1.54) is 12.1 Å². The zero-order valence-corrected chi connectivity index (χ0v) is 13.8. The third-order valence-corrected chi connectivity index (χ3v) is 4.78. The van der Waals surface area contributed by atoms with Crippen LogP contribution in [0.3, 0.4) is 0 Å². The van der Waals surface area contributed by atoms with Gasteiger partial charge in [-0.05, 0) is 31.2 Å². The Balaban J connectivity index is 1.64. The average Bonchev–Trinajstić information content (AvgIpc) is 3.04. The zero-order valence-electron chi connectivity index (χ0n) is 13.8. The number of hydrogen-bond donors (Lipinski definition) is 2. The van der Waals surface area contributed by atoms with Crippen molar-refractivity contribution in [1.29, 1.82) is 0 Å². The van der Waals surface area contributed by atoms with Gasteiger partial charge in [-0.15, -0.1) is 0 Å². The van der Waals surface area contributed by atoms with Crippen LogP contribution in [0.15, 0.2) is 36.4 Å². The molecule has 0 aromatic heterocycles. The largest absolute Gasteiger partial charge is 0.489 e. The number of anilines is 1. The topological polar surface area (TPSA) is 84.5 Å². The van der Waals surface area contributed by atoms with E-state index in [4.69, 9.17) is 4.74 Å². The Morgan fingerprint density at radius 3 is 2.64 bits per heavy atom. The first kappa shape index (κ1) is 15.4. The molecule has 2 N–H and O–H groups in total. The molecule has 2 aliphatic heterocycles. The quantitative estimate of drug-likeness (QED) is 0.826. The molecule has 0 aliphatic carbocycles. The molecular weight excluding hydrogens is 320 g/mol. The highest BCUT2D eigenvalue weighted by Gasteiger charge is 2.31. The van der Waals surface area contributed by atoms with Crippen molar-refractivity contribution < 1.29 is 19.1 Å². The van der Waals surface area contributed by atoms with Crippen molar-refractivity contribution in [2.24, 2.45) is 0 Å². The lowest BCUT2D eigenvalue weighted by atomic mass is 9.97. The predicted octanol–water partition coefficient (Wildman–Crippen LogP) is 2.71. The molecule has 25 heavy (non-hydrogen) atoms. The standard InChI is InChI=1S/C19H16N2O4/c1-9-10(2)25-16-12(9)4-3-5-14(16)18(23)20-11-6-7-13-15(8-11)19(24)21-17(13)22/h3-10H,1-2H3,(H,20,23)(H,21,22,24). The van der Waals surface area contributed by atoms with Gasteiger partial charge in [0.25, 0.3) is 17.7 Å². The highest BCUT2D eigenvalue weighted by molar-refractivity contribution is 6.22. The minimum atomic E-state index is -0.456. The molecule has 126 valence electrons. The lowest BCUT2D eigenvalue weighted by molar-refractivity contribution is 0.0878. The van der Waals surface area contributed by atoms with Crippen LogP contribution in [-0.4, -0.2) is 23.8 Å². The van der Waals surface area contributed by atoms with E-state index in [0.717, 1.165) is 5.56 Å². The summed E-state index contributed by atoms with van der Waals surface area (Å²) in [6, 6.07) is 10.1. The summed E-state index contributed by atoms with van der Waals surface area (Å²) in [7, 11) is 0. The Kier molecular flexibility index (Phi) is 3.35. The third kappa shape index (κ3) is 2.38. The summed E-state index contributed by atoms with van der Waals surface area (Å²) in [5.74, 6) is -0.368. The number of carbonyl (C=O) groups is 3. The van der Waals surface area contributed by atoms with E-state index in [2.05, 4.69) is 17.6 Å². The Labute approximate surface area is 144 Å². The minimum absolute atomic E-state index is 0.0126. The smallest absolute Gasteiger partial charge is 0.259 e. The molecule has 6 heteroatoms. The Morgan fingerprint density at radius 2 is 1.84 bits per heavy atom. The molecule has 2 aromatic carbocycles. The van der Waals surface area contributed by atoms with Crippen LogP contribution in [0.2, 0.25) is 0 Å². The fourth-order valence-corrected chi connectivity index (χ4v) is 3.21. The van der Waals surface area contributed by atoms with Gasteiger partial charge in [-0.1, -0.05) is 19.1 Å². The second kappa shape index (κ2) is 5.44. The number of imide groups is 1. The molecule has 2 atom stereocenters. The monoisotopic (exact) mass is 336 g/mol. The summed E-state index contributed by atoms with van der Waals surface area (Å²) in [6.45, 7) is 4.04. The van der Waals surface area contributed by atoms with Crippen LogP contribution < -0.4 is 15.4 Å². The number of amides is 3. The molecular formula is C19H16N2O4. The fraction of sp³-hybridized carbons (Fsp3) is 0.211. The van der Waals surface area contributed by atoms with Gasteiger partial charge in [0.05, 0.1) is 16.7 Å². The summed E-state index contributed by atoms with van der Waals surface area (Å²) in [6.07, 6.45) is 0.0126. The van der Waals surface area contributed by atoms with Gasteiger partial charge in [0.15, 0.2) is 0 Å². The number of hydrogen-bond acceptors (Lipinski definition) is 4. The number of para-hydroxylation sites is 1. The van der Waals surface area contributed by atoms with Gasteiger partial charge in [0.2, 0.25) is 0 Å².